The van der Waals surface area contributed by atoms with Crippen molar-refractivity contribution in [3.63, 3.8) is 0 Å². The SMILES string of the molecule is Cc1ccc(-n2nc(C)c(S(=O)(=O)Nc3c(C)cccc3C)c2C)cc1. The Morgan fingerprint density at radius 3 is 2.04 bits per heavy atom. The van der Waals surface area contributed by atoms with Gasteiger partial charge in [-0.25, -0.2) is 13.1 Å². The van der Waals surface area contributed by atoms with Crippen molar-refractivity contribution < 1.29 is 8.42 Å². The van der Waals surface area contributed by atoms with Gasteiger partial charge < -0.3 is 0 Å². The van der Waals surface area contributed by atoms with E-state index in [0.29, 0.717) is 17.1 Å². The molecule has 2 aromatic carbocycles. The molecule has 0 unspecified atom stereocenters. The first-order valence-electron chi connectivity index (χ1n) is 8.43. The zero-order valence-electron chi connectivity index (χ0n) is 15.7. The Morgan fingerprint density at radius 2 is 1.46 bits per heavy atom. The highest BCUT2D eigenvalue weighted by molar-refractivity contribution is 7.92. The third kappa shape index (κ3) is 3.24. The zero-order chi connectivity index (χ0) is 19.1. The lowest BCUT2D eigenvalue weighted by atomic mass is 10.1. The first kappa shape index (κ1) is 18.2. The lowest BCUT2D eigenvalue weighted by Gasteiger charge is -2.13. The van der Waals surface area contributed by atoms with Crippen LogP contribution in [-0.4, -0.2) is 18.2 Å². The van der Waals surface area contributed by atoms with Gasteiger partial charge in [-0.2, -0.15) is 5.10 Å². The molecule has 0 aliphatic carbocycles. The van der Waals surface area contributed by atoms with Gasteiger partial charge in [0.15, 0.2) is 0 Å². The van der Waals surface area contributed by atoms with Gasteiger partial charge in [0, 0.05) is 0 Å². The first-order valence-corrected chi connectivity index (χ1v) is 9.91. The van der Waals surface area contributed by atoms with Crippen LogP contribution in [0.1, 0.15) is 28.1 Å². The van der Waals surface area contributed by atoms with Crippen LogP contribution in [0.5, 0.6) is 0 Å². The minimum Gasteiger partial charge on any atom is -0.279 e. The van der Waals surface area contributed by atoms with Gasteiger partial charge in [0.05, 0.1) is 22.8 Å². The second-order valence-electron chi connectivity index (χ2n) is 6.62. The molecule has 3 aromatic rings. The summed E-state index contributed by atoms with van der Waals surface area (Å²) in [5.74, 6) is 0. The summed E-state index contributed by atoms with van der Waals surface area (Å²) in [5, 5.41) is 4.46. The summed E-state index contributed by atoms with van der Waals surface area (Å²) in [4.78, 5) is 0.223. The molecule has 0 saturated carbocycles. The third-order valence-electron chi connectivity index (χ3n) is 4.49. The van der Waals surface area contributed by atoms with Gasteiger partial charge in [0.25, 0.3) is 10.0 Å². The molecular weight excluding hydrogens is 346 g/mol. The number of nitrogens with one attached hydrogen (secondary N) is 1. The minimum absolute atomic E-state index is 0.223. The van der Waals surface area contributed by atoms with E-state index in [-0.39, 0.29) is 4.90 Å². The maximum absolute atomic E-state index is 13.1. The summed E-state index contributed by atoms with van der Waals surface area (Å²) >= 11 is 0. The molecular formula is C20H23N3O2S. The van der Waals surface area contributed by atoms with Crippen LogP contribution in [0, 0.1) is 34.6 Å². The Hall–Kier alpha value is -2.60. The van der Waals surface area contributed by atoms with E-state index in [1.807, 2.05) is 63.2 Å². The Kier molecular flexibility index (Phi) is 4.63. The van der Waals surface area contributed by atoms with Crippen LogP contribution in [0.2, 0.25) is 0 Å². The van der Waals surface area contributed by atoms with Gasteiger partial charge in [-0.3, -0.25) is 4.72 Å². The van der Waals surface area contributed by atoms with Crippen molar-refractivity contribution in [3.8, 4) is 5.69 Å². The average molecular weight is 369 g/mol. The highest BCUT2D eigenvalue weighted by Gasteiger charge is 2.26. The first-order chi connectivity index (χ1) is 12.2. The fourth-order valence-corrected chi connectivity index (χ4v) is 4.71. The molecule has 0 bridgehead atoms. The van der Waals surface area contributed by atoms with Crippen molar-refractivity contribution in [2.45, 2.75) is 39.5 Å². The standard InChI is InChI=1S/C20H23N3O2S/c1-13-9-11-18(12-10-13)23-17(5)20(16(4)21-23)26(24,25)22-19-14(2)7-6-8-15(19)3/h6-12,22H,1-5H3. The average Bonchev–Trinajstić information content (AvgIpc) is 2.87. The predicted octanol–water partition coefficient (Wildman–Crippen LogP) is 4.22. The van der Waals surface area contributed by atoms with E-state index in [0.717, 1.165) is 22.4 Å². The quantitative estimate of drug-likeness (QED) is 0.749. The Bertz CT molecular complexity index is 1040. The molecule has 0 radical (unpaired) electrons. The number of sulfonamides is 1. The second kappa shape index (κ2) is 6.61. The fraction of sp³-hybridized carbons (Fsp3) is 0.250. The summed E-state index contributed by atoms with van der Waals surface area (Å²) < 4.78 is 30.6. The van der Waals surface area contributed by atoms with Crippen LogP contribution >= 0.6 is 0 Å². The number of nitrogens with zero attached hydrogens (tertiary/aromatic N) is 2. The second-order valence-corrected chi connectivity index (χ2v) is 8.24. The van der Waals surface area contributed by atoms with Crippen molar-refractivity contribution in [1.29, 1.82) is 0 Å². The molecule has 0 aliphatic heterocycles. The molecule has 1 heterocycles. The van der Waals surface area contributed by atoms with Crippen LogP contribution in [-0.2, 0) is 10.0 Å². The number of aromatic nitrogens is 2. The molecule has 0 aliphatic rings. The number of hydrogen-bond acceptors (Lipinski definition) is 3. The summed E-state index contributed by atoms with van der Waals surface area (Å²) in [5.41, 5.74) is 5.43. The minimum atomic E-state index is -3.75. The molecule has 6 heteroatoms. The number of anilines is 1. The summed E-state index contributed by atoms with van der Waals surface area (Å²) in [7, 11) is -3.75. The van der Waals surface area contributed by atoms with Gasteiger partial charge in [0.2, 0.25) is 0 Å². The lowest BCUT2D eigenvalue weighted by Crippen LogP contribution is -2.16. The van der Waals surface area contributed by atoms with E-state index >= 15 is 0 Å². The largest absolute Gasteiger partial charge is 0.279 e. The predicted molar refractivity (Wildman–Crippen MR) is 104 cm³/mol. The molecule has 26 heavy (non-hydrogen) atoms. The molecule has 0 amide bonds. The zero-order valence-corrected chi connectivity index (χ0v) is 16.5. The van der Waals surface area contributed by atoms with E-state index in [1.54, 1.807) is 18.5 Å². The normalized spacial score (nSPS) is 11.6. The molecule has 0 fully saturated rings. The van der Waals surface area contributed by atoms with E-state index in [1.165, 1.54) is 0 Å². The topological polar surface area (TPSA) is 64.0 Å². The fourth-order valence-electron chi connectivity index (χ4n) is 3.12. The highest BCUT2D eigenvalue weighted by atomic mass is 32.2. The molecule has 3 rings (SSSR count). The molecule has 0 spiro atoms. The summed E-state index contributed by atoms with van der Waals surface area (Å²) in [6, 6.07) is 13.5. The Morgan fingerprint density at radius 1 is 0.885 bits per heavy atom. The van der Waals surface area contributed by atoms with Crippen molar-refractivity contribution in [2.75, 3.05) is 4.72 Å². The van der Waals surface area contributed by atoms with Gasteiger partial charge >= 0.3 is 0 Å². The summed E-state index contributed by atoms with van der Waals surface area (Å²) in [6.45, 7) is 9.28. The molecule has 0 saturated heterocycles. The van der Waals surface area contributed by atoms with Crippen molar-refractivity contribution in [2.24, 2.45) is 0 Å². The maximum atomic E-state index is 13.1. The number of hydrogen-bond donors (Lipinski definition) is 1. The van der Waals surface area contributed by atoms with E-state index in [4.69, 9.17) is 0 Å². The highest BCUT2D eigenvalue weighted by Crippen LogP contribution is 2.27. The number of aryl methyl sites for hydroxylation is 4. The molecule has 136 valence electrons. The van der Waals surface area contributed by atoms with E-state index in [9.17, 15) is 8.42 Å². The van der Waals surface area contributed by atoms with Crippen LogP contribution in [0.4, 0.5) is 5.69 Å². The van der Waals surface area contributed by atoms with E-state index in [2.05, 4.69) is 9.82 Å². The maximum Gasteiger partial charge on any atom is 0.265 e. The molecule has 1 N–H and O–H groups in total. The van der Waals surface area contributed by atoms with Crippen molar-refractivity contribution in [3.05, 3.63) is 70.5 Å². The van der Waals surface area contributed by atoms with Crippen LogP contribution in [0.3, 0.4) is 0 Å². The Balaban J connectivity index is 2.07. The van der Waals surface area contributed by atoms with Crippen LogP contribution in [0.25, 0.3) is 5.69 Å². The monoisotopic (exact) mass is 369 g/mol. The lowest BCUT2D eigenvalue weighted by molar-refractivity contribution is 0.600. The van der Waals surface area contributed by atoms with Crippen molar-refractivity contribution >= 4 is 15.7 Å². The van der Waals surface area contributed by atoms with Crippen LogP contribution < -0.4 is 4.72 Å². The third-order valence-corrected chi connectivity index (χ3v) is 6.09. The molecule has 1 aromatic heterocycles. The van der Waals surface area contributed by atoms with Gasteiger partial charge in [0.1, 0.15) is 4.90 Å². The molecule has 0 atom stereocenters. The van der Waals surface area contributed by atoms with Gasteiger partial charge in [-0.1, -0.05) is 35.9 Å². The number of benzene rings is 2. The summed E-state index contributed by atoms with van der Waals surface area (Å²) in [6.07, 6.45) is 0. The smallest absolute Gasteiger partial charge is 0.265 e. The molecule has 5 nitrogen and oxygen atoms in total. The van der Waals surface area contributed by atoms with Crippen molar-refractivity contribution in [1.82, 2.24) is 9.78 Å². The number of rotatable bonds is 4. The van der Waals surface area contributed by atoms with Crippen LogP contribution in [0.15, 0.2) is 47.4 Å². The van der Waals surface area contributed by atoms with E-state index < -0.39 is 10.0 Å². The van der Waals surface area contributed by atoms with Gasteiger partial charge in [-0.15, -0.1) is 0 Å². The Labute approximate surface area is 154 Å². The van der Waals surface area contributed by atoms with Gasteiger partial charge in [-0.05, 0) is 57.9 Å². The number of para-hydroxylation sites is 1.